The fraction of sp³-hybridized carbons (Fsp3) is 0.316. The van der Waals surface area contributed by atoms with E-state index in [1.807, 2.05) is 0 Å². The number of aromatic nitrogens is 6. The molecule has 1 atom stereocenters. The summed E-state index contributed by atoms with van der Waals surface area (Å²) in [6.07, 6.45) is 5.36. The van der Waals surface area contributed by atoms with Crippen molar-refractivity contribution in [1.82, 2.24) is 33.9 Å². The van der Waals surface area contributed by atoms with Crippen LogP contribution in [0.4, 0.5) is 8.78 Å². The maximum absolute atomic E-state index is 13.3. The van der Waals surface area contributed by atoms with Crippen LogP contribution in [0, 0.1) is 0 Å². The van der Waals surface area contributed by atoms with E-state index in [4.69, 9.17) is 0 Å². The number of halogens is 2. The Labute approximate surface area is 163 Å². The third-order valence-corrected chi connectivity index (χ3v) is 5.29. The topological polar surface area (TPSA) is 80.7 Å². The number of piperidine rings is 1. The molecule has 4 aromatic heterocycles. The maximum atomic E-state index is 13.3. The van der Waals surface area contributed by atoms with Gasteiger partial charge in [0.05, 0.1) is 11.3 Å². The highest BCUT2D eigenvalue weighted by Gasteiger charge is 2.29. The number of fused-ring (bicyclic) bond motifs is 2. The summed E-state index contributed by atoms with van der Waals surface area (Å²) in [7, 11) is 0. The molecule has 0 spiro atoms. The van der Waals surface area contributed by atoms with Gasteiger partial charge in [-0.2, -0.15) is 10.1 Å². The summed E-state index contributed by atoms with van der Waals surface area (Å²) >= 11 is 0. The maximum Gasteiger partial charge on any atom is 0.280 e. The van der Waals surface area contributed by atoms with Crippen LogP contribution in [0.25, 0.3) is 11.4 Å². The Bertz CT molecular complexity index is 1200. The van der Waals surface area contributed by atoms with Gasteiger partial charge in [-0.15, -0.1) is 0 Å². The number of pyridine rings is 1. The minimum absolute atomic E-state index is 0.0942. The fourth-order valence-electron chi connectivity index (χ4n) is 3.89. The zero-order valence-corrected chi connectivity index (χ0v) is 15.3. The third kappa shape index (κ3) is 3.10. The van der Waals surface area contributed by atoms with Crippen LogP contribution in [-0.2, 0) is 0 Å². The van der Waals surface area contributed by atoms with Crippen LogP contribution in [-0.4, -0.2) is 52.9 Å². The average molecular weight is 397 g/mol. The molecule has 0 aliphatic carbocycles. The first kappa shape index (κ1) is 17.7. The summed E-state index contributed by atoms with van der Waals surface area (Å²) in [5, 5.41) is 4.14. The minimum atomic E-state index is -2.70. The van der Waals surface area contributed by atoms with Gasteiger partial charge in [0, 0.05) is 37.6 Å². The molecule has 0 unspecified atom stereocenters. The molecule has 0 N–H and O–H groups in total. The van der Waals surface area contributed by atoms with E-state index in [9.17, 15) is 13.6 Å². The summed E-state index contributed by atoms with van der Waals surface area (Å²) in [5.41, 5.74) is 1.60. The van der Waals surface area contributed by atoms with E-state index >= 15 is 0 Å². The Morgan fingerprint density at radius 1 is 1.24 bits per heavy atom. The van der Waals surface area contributed by atoms with Crippen molar-refractivity contribution in [3.63, 3.8) is 0 Å². The van der Waals surface area contributed by atoms with Crippen molar-refractivity contribution in [2.75, 3.05) is 13.1 Å². The highest BCUT2D eigenvalue weighted by Crippen LogP contribution is 2.30. The zero-order valence-electron chi connectivity index (χ0n) is 15.3. The molecule has 1 amide bonds. The molecule has 0 radical (unpaired) electrons. The Morgan fingerprint density at radius 2 is 2.14 bits per heavy atom. The van der Waals surface area contributed by atoms with Crippen molar-refractivity contribution < 1.29 is 13.6 Å². The van der Waals surface area contributed by atoms with Crippen LogP contribution < -0.4 is 0 Å². The van der Waals surface area contributed by atoms with Gasteiger partial charge in [-0.1, -0.05) is 0 Å². The van der Waals surface area contributed by atoms with Crippen LogP contribution in [0.1, 0.15) is 46.9 Å². The monoisotopic (exact) mass is 397 g/mol. The number of likely N-dealkylation sites (tertiary alicyclic amines) is 1. The van der Waals surface area contributed by atoms with Crippen molar-refractivity contribution in [1.29, 1.82) is 0 Å². The molecule has 1 saturated heterocycles. The van der Waals surface area contributed by atoms with Crippen LogP contribution in [0.2, 0.25) is 0 Å². The van der Waals surface area contributed by atoms with E-state index in [2.05, 4.69) is 20.1 Å². The van der Waals surface area contributed by atoms with Gasteiger partial charge in [0.2, 0.25) is 0 Å². The van der Waals surface area contributed by atoms with Gasteiger partial charge < -0.3 is 9.30 Å². The van der Waals surface area contributed by atoms with Gasteiger partial charge >= 0.3 is 0 Å². The quantitative estimate of drug-likeness (QED) is 0.531. The molecule has 8 nitrogen and oxygen atoms in total. The Kier molecular flexibility index (Phi) is 4.18. The summed E-state index contributed by atoms with van der Waals surface area (Å²) in [4.78, 5) is 26.8. The van der Waals surface area contributed by atoms with Gasteiger partial charge in [0.1, 0.15) is 17.7 Å². The molecule has 4 aromatic rings. The molecule has 1 aliphatic rings. The molecule has 148 valence electrons. The number of alkyl halides is 2. The standard InChI is InChI=1S/C19H17F2N7O/c20-17(21)14-8-15(28-19(25-14)23-11-24-28)12-2-1-6-27(9-12)18(29)13-3-4-16-22-5-7-26(16)10-13/h3-5,7-8,10-12,17H,1-2,6,9H2/t12-/m0/s1. The predicted octanol–water partition coefficient (Wildman–Crippen LogP) is 2.73. The lowest BCUT2D eigenvalue weighted by molar-refractivity contribution is 0.0704. The van der Waals surface area contributed by atoms with E-state index in [1.165, 1.54) is 16.9 Å². The summed E-state index contributed by atoms with van der Waals surface area (Å²) in [6, 6.07) is 4.93. The number of hydrogen-bond donors (Lipinski definition) is 0. The number of imidazole rings is 1. The van der Waals surface area contributed by atoms with Crippen molar-refractivity contribution in [2.45, 2.75) is 25.2 Å². The van der Waals surface area contributed by atoms with E-state index in [-0.39, 0.29) is 23.3 Å². The zero-order chi connectivity index (χ0) is 20.0. The van der Waals surface area contributed by atoms with Gasteiger partial charge in [-0.25, -0.2) is 23.3 Å². The Morgan fingerprint density at radius 3 is 3.00 bits per heavy atom. The van der Waals surface area contributed by atoms with E-state index in [0.29, 0.717) is 24.3 Å². The third-order valence-electron chi connectivity index (χ3n) is 5.29. The van der Waals surface area contributed by atoms with Gasteiger partial charge in [-0.3, -0.25) is 4.79 Å². The van der Waals surface area contributed by atoms with Crippen LogP contribution in [0.3, 0.4) is 0 Å². The average Bonchev–Trinajstić information content (AvgIpc) is 3.41. The molecular formula is C19H17F2N7O. The van der Waals surface area contributed by atoms with E-state index in [1.54, 1.807) is 40.0 Å². The predicted molar refractivity (Wildman–Crippen MR) is 98.8 cm³/mol. The fourth-order valence-corrected chi connectivity index (χ4v) is 3.89. The highest BCUT2D eigenvalue weighted by molar-refractivity contribution is 5.94. The largest absolute Gasteiger partial charge is 0.338 e. The SMILES string of the molecule is O=C(c1ccc2nccn2c1)N1CCC[C@H](c2cc(C(F)F)nc3ncnn23)C1. The molecule has 29 heavy (non-hydrogen) atoms. The number of amides is 1. The second-order valence-electron chi connectivity index (χ2n) is 7.08. The lowest BCUT2D eigenvalue weighted by atomic mass is 9.93. The first-order chi connectivity index (χ1) is 14.1. The normalized spacial score (nSPS) is 17.5. The molecule has 5 heterocycles. The lowest BCUT2D eigenvalue weighted by Crippen LogP contribution is -2.39. The number of rotatable bonds is 3. The van der Waals surface area contributed by atoms with Crippen LogP contribution in [0.15, 0.2) is 43.1 Å². The smallest absolute Gasteiger partial charge is 0.280 e. The van der Waals surface area contributed by atoms with Gasteiger partial charge in [-0.05, 0) is 31.0 Å². The van der Waals surface area contributed by atoms with E-state index < -0.39 is 6.43 Å². The summed E-state index contributed by atoms with van der Waals surface area (Å²) in [6.45, 7) is 1.03. The second-order valence-corrected chi connectivity index (χ2v) is 7.08. The second kappa shape index (κ2) is 6.87. The molecule has 5 rings (SSSR count). The molecule has 0 bridgehead atoms. The van der Waals surface area contributed by atoms with Crippen molar-refractivity contribution in [2.24, 2.45) is 0 Å². The lowest BCUT2D eigenvalue weighted by Gasteiger charge is -2.33. The Balaban J connectivity index is 1.45. The van der Waals surface area contributed by atoms with Gasteiger partial charge in [0.15, 0.2) is 0 Å². The van der Waals surface area contributed by atoms with Crippen LogP contribution >= 0.6 is 0 Å². The Hall–Kier alpha value is -3.43. The number of carbonyl (C=O) groups is 1. The first-order valence-corrected chi connectivity index (χ1v) is 9.31. The number of nitrogens with zero attached hydrogens (tertiary/aromatic N) is 7. The van der Waals surface area contributed by atoms with Crippen molar-refractivity contribution in [3.8, 4) is 0 Å². The summed E-state index contributed by atoms with van der Waals surface area (Å²) < 4.78 is 29.9. The van der Waals surface area contributed by atoms with E-state index in [0.717, 1.165) is 18.5 Å². The minimum Gasteiger partial charge on any atom is -0.338 e. The highest BCUT2D eigenvalue weighted by atomic mass is 19.3. The molecule has 1 aliphatic heterocycles. The van der Waals surface area contributed by atoms with Crippen LogP contribution in [0.5, 0.6) is 0 Å². The van der Waals surface area contributed by atoms with Crippen molar-refractivity contribution >= 4 is 17.3 Å². The molecule has 0 aromatic carbocycles. The van der Waals surface area contributed by atoms with Gasteiger partial charge in [0.25, 0.3) is 18.1 Å². The molecule has 1 fully saturated rings. The summed E-state index contributed by atoms with van der Waals surface area (Å²) in [5.74, 6) is -0.0792. The number of hydrogen-bond acceptors (Lipinski definition) is 5. The molecule has 10 heteroatoms. The molecular weight excluding hydrogens is 380 g/mol. The first-order valence-electron chi connectivity index (χ1n) is 9.31. The molecule has 0 saturated carbocycles. The number of carbonyl (C=O) groups excluding carboxylic acids is 1. The van der Waals surface area contributed by atoms with Crippen molar-refractivity contribution in [3.05, 3.63) is 60.1 Å².